The van der Waals surface area contributed by atoms with Crippen LogP contribution in [-0.2, 0) is 17.9 Å². The van der Waals surface area contributed by atoms with Gasteiger partial charge >= 0.3 is 0 Å². The summed E-state index contributed by atoms with van der Waals surface area (Å²) in [5.41, 5.74) is 2.97. The average molecular weight is 444 g/mol. The van der Waals surface area contributed by atoms with Crippen LogP contribution >= 0.6 is 0 Å². The lowest BCUT2D eigenvalue weighted by Gasteiger charge is -2.38. The molecule has 0 spiro atoms. The number of aliphatic hydroxyl groups is 1. The lowest BCUT2D eigenvalue weighted by atomic mass is 9.86. The van der Waals surface area contributed by atoms with Crippen LogP contribution < -0.4 is 10.9 Å². The molecule has 170 valence electrons. The van der Waals surface area contributed by atoms with Crippen LogP contribution in [0.4, 0.5) is 0 Å². The van der Waals surface area contributed by atoms with Gasteiger partial charge in [0.05, 0.1) is 18.0 Å². The van der Waals surface area contributed by atoms with Crippen LogP contribution in [0.15, 0.2) is 83.7 Å². The number of benzene rings is 2. The summed E-state index contributed by atoms with van der Waals surface area (Å²) in [5, 5.41) is 13.6. The van der Waals surface area contributed by atoms with Gasteiger partial charge in [0, 0.05) is 43.4 Å². The molecule has 2 aliphatic heterocycles. The zero-order valence-corrected chi connectivity index (χ0v) is 18.7. The van der Waals surface area contributed by atoms with Crippen molar-refractivity contribution in [3.8, 4) is 0 Å². The molecule has 5 atom stereocenters. The minimum absolute atomic E-state index is 0.0581. The summed E-state index contributed by atoms with van der Waals surface area (Å²) < 4.78 is 1.79. The highest BCUT2D eigenvalue weighted by molar-refractivity contribution is 5.81. The third kappa shape index (κ3) is 3.90. The smallest absolute Gasteiger partial charge is 0.250 e. The van der Waals surface area contributed by atoms with E-state index in [9.17, 15) is 14.7 Å². The largest absolute Gasteiger partial charge is 0.396 e. The number of aliphatic hydroxyl groups excluding tert-OH is 1. The van der Waals surface area contributed by atoms with E-state index >= 15 is 0 Å². The van der Waals surface area contributed by atoms with E-state index in [1.54, 1.807) is 16.7 Å². The van der Waals surface area contributed by atoms with Gasteiger partial charge in [-0.15, -0.1) is 0 Å². The second kappa shape index (κ2) is 8.96. The van der Waals surface area contributed by atoms with E-state index in [4.69, 9.17) is 0 Å². The van der Waals surface area contributed by atoms with Gasteiger partial charge in [-0.25, -0.2) is 0 Å². The summed E-state index contributed by atoms with van der Waals surface area (Å²) in [6, 6.07) is 24.8. The third-order valence-corrected chi connectivity index (χ3v) is 7.21. The fourth-order valence-electron chi connectivity index (χ4n) is 5.62. The topological polar surface area (TPSA) is 74.6 Å². The quantitative estimate of drug-likeness (QED) is 0.614. The zero-order chi connectivity index (χ0) is 22.9. The van der Waals surface area contributed by atoms with Gasteiger partial charge in [-0.3, -0.25) is 14.5 Å². The maximum absolute atomic E-state index is 13.7. The van der Waals surface area contributed by atoms with Gasteiger partial charge in [-0.05, 0) is 24.1 Å². The van der Waals surface area contributed by atoms with E-state index in [1.807, 2.05) is 61.5 Å². The minimum Gasteiger partial charge on any atom is -0.396 e. The predicted octanol–water partition coefficient (Wildman–Crippen LogP) is 2.89. The molecule has 0 unspecified atom stereocenters. The van der Waals surface area contributed by atoms with Gasteiger partial charge < -0.3 is 15.0 Å². The van der Waals surface area contributed by atoms with E-state index in [0.717, 1.165) is 16.8 Å². The van der Waals surface area contributed by atoms with Gasteiger partial charge in [0.1, 0.15) is 0 Å². The summed E-state index contributed by atoms with van der Waals surface area (Å²) in [5.74, 6) is -0.799. The molecule has 0 radical (unpaired) electrons. The molecular formula is C27H29N3O3. The number of nitrogens with zero attached hydrogens (tertiary/aromatic N) is 2. The van der Waals surface area contributed by atoms with Crippen LogP contribution in [-0.4, -0.2) is 33.1 Å². The molecule has 1 fully saturated rings. The molecule has 5 rings (SSSR count). The van der Waals surface area contributed by atoms with Crippen LogP contribution in [0.25, 0.3) is 0 Å². The number of fused-ring (bicyclic) bond motifs is 4. The maximum atomic E-state index is 13.7. The first-order chi connectivity index (χ1) is 16.1. The highest BCUT2D eigenvalue weighted by atomic mass is 16.3. The van der Waals surface area contributed by atoms with Gasteiger partial charge in [0.2, 0.25) is 5.91 Å². The van der Waals surface area contributed by atoms with Crippen molar-refractivity contribution >= 4 is 5.91 Å². The first-order valence-electron chi connectivity index (χ1n) is 11.5. The highest BCUT2D eigenvalue weighted by Crippen LogP contribution is 2.49. The van der Waals surface area contributed by atoms with E-state index in [2.05, 4.69) is 22.3 Å². The lowest BCUT2D eigenvalue weighted by molar-refractivity contribution is -0.128. The standard InChI is InChI=1S/C27H29N3O3/c1-18(20-11-6-3-7-12-20)28-27(33)25-21(17-31)23-16-29-22(13-8-14-24(29)32)26(25)30(23)15-19-9-4-2-5-10-19/h2-14,18,21,23,25-26,31H,15-17H2,1H3,(H,28,33)/t18-,21+,23+,25-,26-/m0/s1. The number of rotatable bonds is 6. The van der Waals surface area contributed by atoms with Crippen molar-refractivity contribution in [3.05, 3.63) is 106 Å². The number of amides is 1. The molecule has 1 aromatic heterocycles. The molecule has 0 aliphatic carbocycles. The molecule has 33 heavy (non-hydrogen) atoms. The molecule has 1 amide bonds. The number of carbonyl (C=O) groups excluding carboxylic acids is 1. The molecular weight excluding hydrogens is 414 g/mol. The van der Waals surface area contributed by atoms with Gasteiger partial charge in [-0.1, -0.05) is 66.7 Å². The number of aromatic nitrogens is 1. The third-order valence-electron chi connectivity index (χ3n) is 7.21. The van der Waals surface area contributed by atoms with Crippen molar-refractivity contribution in [2.75, 3.05) is 6.61 Å². The molecule has 2 aromatic carbocycles. The van der Waals surface area contributed by atoms with Crippen molar-refractivity contribution in [3.63, 3.8) is 0 Å². The zero-order valence-electron chi connectivity index (χ0n) is 18.7. The predicted molar refractivity (Wildman–Crippen MR) is 126 cm³/mol. The van der Waals surface area contributed by atoms with Crippen molar-refractivity contribution < 1.29 is 9.90 Å². The van der Waals surface area contributed by atoms with Crippen LogP contribution in [0.2, 0.25) is 0 Å². The van der Waals surface area contributed by atoms with Gasteiger partial charge in [-0.2, -0.15) is 0 Å². The van der Waals surface area contributed by atoms with Crippen molar-refractivity contribution in [1.29, 1.82) is 0 Å². The Morgan fingerprint density at radius 1 is 1.03 bits per heavy atom. The number of hydrogen-bond donors (Lipinski definition) is 2. The number of carbonyl (C=O) groups is 1. The fourth-order valence-corrected chi connectivity index (χ4v) is 5.62. The normalized spacial score (nSPS) is 24.8. The minimum atomic E-state index is -0.453. The number of pyridine rings is 1. The van der Waals surface area contributed by atoms with Crippen molar-refractivity contribution in [2.45, 2.75) is 38.1 Å². The molecule has 1 saturated heterocycles. The first kappa shape index (κ1) is 21.6. The molecule has 6 nitrogen and oxygen atoms in total. The first-order valence-corrected chi connectivity index (χ1v) is 11.5. The van der Waals surface area contributed by atoms with Crippen molar-refractivity contribution in [2.24, 2.45) is 11.8 Å². The van der Waals surface area contributed by atoms with Crippen molar-refractivity contribution in [1.82, 2.24) is 14.8 Å². The Morgan fingerprint density at radius 2 is 1.73 bits per heavy atom. The Labute approximate surface area is 193 Å². The Bertz CT molecular complexity index is 1180. The molecule has 2 N–H and O–H groups in total. The van der Waals surface area contributed by atoms with Crippen LogP contribution in [0.1, 0.15) is 35.8 Å². The Kier molecular flexibility index (Phi) is 5.87. The van der Waals surface area contributed by atoms with Gasteiger partial charge in [0.15, 0.2) is 0 Å². The van der Waals surface area contributed by atoms with Crippen LogP contribution in [0.5, 0.6) is 0 Å². The lowest BCUT2D eigenvalue weighted by Crippen LogP contribution is -2.45. The maximum Gasteiger partial charge on any atom is 0.250 e. The molecule has 6 heteroatoms. The van der Waals surface area contributed by atoms with Crippen LogP contribution in [0.3, 0.4) is 0 Å². The SMILES string of the molecule is C[C@H](NC(=O)[C@H]1[C@H](CO)[C@H]2Cn3c(cccc3=O)[C@@H]1N2Cc1ccccc1)c1ccccc1. The van der Waals surface area contributed by atoms with Gasteiger partial charge in [0.25, 0.3) is 5.56 Å². The molecule has 3 aromatic rings. The van der Waals surface area contributed by atoms with E-state index in [0.29, 0.717) is 13.1 Å². The summed E-state index contributed by atoms with van der Waals surface area (Å²) in [4.78, 5) is 28.7. The summed E-state index contributed by atoms with van der Waals surface area (Å²) >= 11 is 0. The molecule has 2 bridgehead atoms. The summed E-state index contributed by atoms with van der Waals surface area (Å²) in [7, 11) is 0. The molecule has 3 heterocycles. The van der Waals surface area contributed by atoms with E-state index < -0.39 is 5.92 Å². The second-order valence-electron chi connectivity index (χ2n) is 9.08. The second-order valence-corrected chi connectivity index (χ2v) is 9.08. The monoisotopic (exact) mass is 443 g/mol. The Hall–Kier alpha value is -3.22. The fraction of sp³-hybridized carbons (Fsp3) is 0.333. The van der Waals surface area contributed by atoms with Crippen LogP contribution in [0, 0.1) is 11.8 Å². The molecule has 2 aliphatic rings. The average Bonchev–Trinajstić information content (AvgIpc) is 3.04. The van der Waals surface area contributed by atoms with E-state index in [1.165, 1.54) is 0 Å². The summed E-state index contributed by atoms with van der Waals surface area (Å²) in [6.07, 6.45) is 0. The highest BCUT2D eigenvalue weighted by Gasteiger charge is 2.55. The Morgan fingerprint density at radius 3 is 2.42 bits per heavy atom. The van der Waals surface area contributed by atoms with E-state index in [-0.39, 0.29) is 42.1 Å². The number of hydrogen-bond acceptors (Lipinski definition) is 4. The number of nitrogens with one attached hydrogen (secondary N) is 1. The summed E-state index contributed by atoms with van der Waals surface area (Å²) in [6.45, 7) is 3.00. The Balaban J connectivity index is 1.52. The molecule has 0 saturated carbocycles.